The number of amides is 2. The van der Waals surface area contributed by atoms with Crippen LogP contribution in [-0.4, -0.2) is 62.7 Å². The van der Waals surface area contributed by atoms with Crippen LogP contribution in [0, 0.1) is 0 Å². The summed E-state index contributed by atoms with van der Waals surface area (Å²) in [7, 11) is -2.44. The first-order valence-electron chi connectivity index (χ1n) is 9.07. The highest BCUT2D eigenvalue weighted by Crippen LogP contribution is 2.17. The third-order valence-electron chi connectivity index (χ3n) is 4.51. The van der Waals surface area contributed by atoms with Gasteiger partial charge in [0.15, 0.2) is 0 Å². The second kappa shape index (κ2) is 10.1. The SMILES string of the molecule is CN(CC(=O)NCCC(=O)N1CCCCCC1)S(=O)(=O)c1ccc(Cl)cc1. The summed E-state index contributed by atoms with van der Waals surface area (Å²) >= 11 is 5.77. The summed E-state index contributed by atoms with van der Waals surface area (Å²) < 4.78 is 25.9. The maximum Gasteiger partial charge on any atom is 0.243 e. The number of likely N-dealkylation sites (tertiary alicyclic amines) is 1. The summed E-state index contributed by atoms with van der Waals surface area (Å²) in [4.78, 5) is 26.1. The van der Waals surface area contributed by atoms with E-state index in [9.17, 15) is 18.0 Å². The van der Waals surface area contributed by atoms with Gasteiger partial charge in [0.1, 0.15) is 0 Å². The molecule has 1 aromatic carbocycles. The van der Waals surface area contributed by atoms with Gasteiger partial charge in [-0.3, -0.25) is 9.59 Å². The smallest absolute Gasteiger partial charge is 0.243 e. The lowest BCUT2D eigenvalue weighted by molar-refractivity contribution is -0.131. The molecule has 1 aromatic rings. The number of nitrogens with zero attached hydrogens (tertiary/aromatic N) is 2. The van der Waals surface area contributed by atoms with Crippen molar-refractivity contribution in [3.63, 3.8) is 0 Å². The van der Waals surface area contributed by atoms with Crippen molar-refractivity contribution >= 4 is 33.4 Å². The van der Waals surface area contributed by atoms with Gasteiger partial charge in [-0.05, 0) is 37.1 Å². The van der Waals surface area contributed by atoms with Crippen molar-refractivity contribution in [2.24, 2.45) is 0 Å². The van der Waals surface area contributed by atoms with Crippen LogP contribution in [0.15, 0.2) is 29.2 Å². The second-order valence-corrected chi connectivity index (χ2v) is 9.09. The molecule has 0 aliphatic carbocycles. The van der Waals surface area contributed by atoms with Gasteiger partial charge in [0, 0.05) is 38.1 Å². The Morgan fingerprint density at radius 2 is 1.70 bits per heavy atom. The zero-order chi connectivity index (χ0) is 19.9. The first-order chi connectivity index (χ1) is 12.8. The molecule has 1 saturated heterocycles. The number of hydrogen-bond acceptors (Lipinski definition) is 4. The minimum absolute atomic E-state index is 0.0272. The van der Waals surface area contributed by atoms with Crippen LogP contribution >= 0.6 is 11.6 Å². The molecule has 0 radical (unpaired) electrons. The molecule has 1 aliphatic heterocycles. The van der Waals surface area contributed by atoms with Crippen molar-refractivity contribution < 1.29 is 18.0 Å². The van der Waals surface area contributed by atoms with E-state index in [1.54, 1.807) is 0 Å². The number of halogens is 1. The molecule has 9 heteroatoms. The lowest BCUT2D eigenvalue weighted by atomic mass is 10.2. The molecule has 1 fully saturated rings. The van der Waals surface area contributed by atoms with Crippen LogP contribution in [0.4, 0.5) is 0 Å². The third kappa shape index (κ3) is 6.48. The van der Waals surface area contributed by atoms with Gasteiger partial charge in [-0.2, -0.15) is 4.31 Å². The molecule has 7 nitrogen and oxygen atoms in total. The highest BCUT2D eigenvalue weighted by atomic mass is 35.5. The monoisotopic (exact) mass is 415 g/mol. The van der Waals surface area contributed by atoms with E-state index >= 15 is 0 Å². The van der Waals surface area contributed by atoms with Crippen LogP contribution in [0.2, 0.25) is 5.02 Å². The van der Waals surface area contributed by atoms with E-state index in [1.165, 1.54) is 31.3 Å². The van der Waals surface area contributed by atoms with Gasteiger partial charge in [0.25, 0.3) is 0 Å². The number of carbonyl (C=O) groups excluding carboxylic acids is 2. The molecule has 0 bridgehead atoms. The first-order valence-corrected chi connectivity index (χ1v) is 10.9. The second-order valence-electron chi connectivity index (χ2n) is 6.61. The quantitative estimate of drug-likeness (QED) is 0.736. The highest BCUT2D eigenvalue weighted by molar-refractivity contribution is 7.89. The zero-order valence-electron chi connectivity index (χ0n) is 15.5. The molecule has 0 aromatic heterocycles. The standard InChI is InChI=1S/C18H26ClN3O4S/c1-21(27(25,26)16-8-6-15(19)7-9-16)14-17(23)20-11-10-18(24)22-12-4-2-3-5-13-22/h6-9H,2-5,10-14H2,1H3,(H,20,23). The lowest BCUT2D eigenvalue weighted by Crippen LogP contribution is -2.40. The van der Waals surface area contributed by atoms with Gasteiger partial charge in [0.2, 0.25) is 21.8 Å². The van der Waals surface area contributed by atoms with E-state index in [0.29, 0.717) is 5.02 Å². The Kier molecular flexibility index (Phi) is 8.07. The number of carbonyl (C=O) groups is 2. The summed E-state index contributed by atoms with van der Waals surface area (Å²) in [6.45, 7) is 1.43. The normalized spacial score (nSPS) is 15.4. The van der Waals surface area contributed by atoms with Gasteiger partial charge >= 0.3 is 0 Å². The van der Waals surface area contributed by atoms with Crippen molar-refractivity contribution in [1.82, 2.24) is 14.5 Å². The minimum Gasteiger partial charge on any atom is -0.354 e. The molecule has 0 unspecified atom stereocenters. The zero-order valence-corrected chi connectivity index (χ0v) is 17.1. The predicted molar refractivity (Wildman–Crippen MR) is 104 cm³/mol. The molecule has 0 saturated carbocycles. The Labute approximate surface area is 165 Å². The fraction of sp³-hybridized carbons (Fsp3) is 0.556. The fourth-order valence-corrected chi connectivity index (χ4v) is 4.17. The molecule has 0 atom stereocenters. The van der Waals surface area contributed by atoms with E-state index in [1.807, 2.05) is 4.90 Å². The van der Waals surface area contributed by atoms with E-state index < -0.39 is 15.9 Å². The largest absolute Gasteiger partial charge is 0.354 e. The van der Waals surface area contributed by atoms with Crippen LogP contribution in [0.5, 0.6) is 0 Å². The number of benzene rings is 1. The molecule has 27 heavy (non-hydrogen) atoms. The van der Waals surface area contributed by atoms with Gasteiger partial charge < -0.3 is 10.2 Å². The van der Waals surface area contributed by atoms with Gasteiger partial charge in [-0.25, -0.2) is 8.42 Å². The van der Waals surface area contributed by atoms with Crippen LogP contribution in [0.3, 0.4) is 0 Å². The van der Waals surface area contributed by atoms with E-state index in [4.69, 9.17) is 11.6 Å². The number of rotatable bonds is 7. The van der Waals surface area contributed by atoms with Crippen molar-refractivity contribution in [2.75, 3.05) is 33.2 Å². The first kappa shape index (κ1) is 21.7. The average molecular weight is 416 g/mol. The van der Waals surface area contributed by atoms with E-state index in [2.05, 4.69) is 5.32 Å². The molecule has 0 spiro atoms. The van der Waals surface area contributed by atoms with Gasteiger partial charge in [-0.15, -0.1) is 0 Å². The molecule has 1 N–H and O–H groups in total. The predicted octanol–water partition coefficient (Wildman–Crippen LogP) is 1.87. The lowest BCUT2D eigenvalue weighted by Gasteiger charge is -2.20. The molecule has 2 rings (SSSR count). The van der Waals surface area contributed by atoms with E-state index in [0.717, 1.165) is 43.1 Å². The summed E-state index contributed by atoms with van der Waals surface area (Å²) in [6, 6.07) is 5.76. The van der Waals surface area contributed by atoms with Crippen molar-refractivity contribution in [2.45, 2.75) is 37.0 Å². The summed E-state index contributed by atoms with van der Waals surface area (Å²) in [6.07, 6.45) is 4.56. The molecule has 1 aliphatic rings. The van der Waals surface area contributed by atoms with Crippen LogP contribution in [-0.2, 0) is 19.6 Å². The average Bonchev–Trinajstić information content (AvgIpc) is 2.91. The molecular formula is C18H26ClN3O4S. The topological polar surface area (TPSA) is 86.8 Å². The summed E-state index contributed by atoms with van der Waals surface area (Å²) in [5.74, 6) is -0.418. The Balaban J connectivity index is 1.79. The van der Waals surface area contributed by atoms with E-state index in [-0.39, 0.29) is 30.3 Å². The third-order valence-corrected chi connectivity index (χ3v) is 6.58. The Bertz CT molecular complexity index is 744. The van der Waals surface area contributed by atoms with Crippen molar-refractivity contribution in [1.29, 1.82) is 0 Å². The number of sulfonamides is 1. The number of likely N-dealkylation sites (N-methyl/N-ethyl adjacent to an activating group) is 1. The molecule has 2 amide bonds. The van der Waals surface area contributed by atoms with Crippen LogP contribution in [0.1, 0.15) is 32.1 Å². The Hall–Kier alpha value is -1.64. The highest BCUT2D eigenvalue weighted by Gasteiger charge is 2.23. The number of nitrogens with one attached hydrogen (secondary N) is 1. The Morgan fingerprint density at radius 1 is 1.11 bits per heavy atom. The van der Waals surface area contributed by atoms with Crippen molar-refractivity contribution in [3.8, 4) is 0 Å². The molecular weight excluding hydrogens is 390 g/mol. The molecule has 1 heterocycles. The maximum atomic E-state index is 12.4. The fourth-order valence-electron chi connectivity index (χ4n) is 2.92. The summed E-state index contributed by atoms with van der Waals surface area (Å²) in [5.41, 5.74) is 0. The van der Waals surface area contributed by atoms with Gasteiger partial charge in [-0.1, -0.05) is 24.4 Å². The minimum atomic E-state index is -3.77. The Morgan fingerprint density at radius 3 is 2.30 bits per heavy atom. The van der Waals surface area contributed by atoms with Gasteiger partial charge in [0.05, 0.1) is 11.4 Å². The van der Waals surface area contributed by atoms with Crippen LogP contribution < -0.4 is 5.32 Å². The maximum absolute atomic E-state index is 12.4. The summed E-state index contributed by atoms with van der Waals surface area (Å²) in [5, 5.41) is 3.05. The van der Waals surface area contributed by atoms with Crippen LogP contribution in [0.25, 0.3) is 0 Å². The van der Waals surface area contributed by atoms with Crippen molar-refractivity contribution in [3.05, 3.63) is 29.3 Å². The number of hydrogen-bond donors (Lipinski definition) is 1. The molecule has 150 valence electrons.